The molecule has 0 saturated carbocycles. The Morgan fingerprint density at radius 3 is 3.08 bits per heavy atom. The Bertz CT molecular complexity index is 666. The molecule has 3 heterocycles. The summed E-state index contributed by atoms with van der Waals surface area (Å²) in [5.74, 6) is 1.94. The van der Waals surface area contributed by atoms with Crippen molar-refractivity contribution in [1.29, 1.82) is 0 Å². The molecule has 0 aromatic carbocycles. The van der Waals surface area contributed by atoms with E-state index in [4.69, 9.17) is 0 Å². The first-order valence-corrected chi connectivity index (χ1v) is 8.89. The number of halogens is 1. The molecule has 1 aliphatic rings. The first-order chi connectivity index (χ1) is 11.2. The summed E-state index contributed by atoms with van der Waals surface area (Å²) in [6.45, 7) is 6.59. The molecule has 132 valence electrons. The second-order valence-corrected chi connectivity index (χ2v) is 6.93. The van der Waals surface area contributed by atoms with Gasteiger partial charge in [0.2, 0.25) is 0 Å². The summed E-state index contributed by atoms with van der Waals surface area (Å²) in [6, 6.07) is 0.337. The number of nitrogens with zero attached hydrogens (tertiary/aromatic N) is 5. The fraction of sp³-hybridized carbons (Fsp3) is 0.600. The smallest absolute Gasteiger partial charge is 0.191 e. The third kappa shape index (κ3) is 5.13. The average molecular weight is 461 g/mol. The summed E-state index contributed by atoms with van der Waals surface area (Å²) in [5.41, 5.74) is 0. The van der Waals surface area contributed by atoms with Crippen molar-refractivity contribution >= 4 is 41.3 Å². The number of aryl methyl sites for hydroxylation is 2. The summed E-state index contributed by atoms with van der Waals surface area (Å²) in [4.78, 5) is 14.6. The Labute approximate surface area is 163 Å². The maximum absolute atomic E-state index is 4.67. The van der Waals surface area contributed by atoms with E-state index in [1.165, 1.54) is 4.88 Å². The maximum atomic E-state index is 4.67. The van der Waals surface area contributed by atoms with Crippen LogP contribution >= 0.6 is 35.3 Å². The van der Waals surface area contributed by atoms with Crippen LogP contribution < -0.4 is 10.6 Å². The molecular weight excluding hydrogens is 437 g/mol. The quantitative estimate of drug-likeness (QED) is 0.403. The molecule has 3 rings (SSSR count). The Morgan fingerprint density at radius 2 is 2.33 bits per heavy atom. The number of fused-ring (bicyclic) bond motifs is 1. The van der Waals surface area contributed by atoms with E-state index in [9.17, 15) is 0 Å². The minimum Gasteiger partial charge on any atom is -0.357 e. The molecule has 1 unspecified atom stereocenters. The van der Waals surface area contributed by atoms with Gasteiger partial charge in [-0.15, -0.1) is 35.3 Å². The van der Waals surface area contributed by atoms with Gasteiger partial charge in [0.25, 0.3) is 0 Å². The lowest BCUT2D eigenvalue weighted by Gasteiger charge is -2.25. The second kappa shape index (κ2) is 9.30. The first-order valence-electron chi connectivity index (χ1n) is 8.07. The van der Waals surface area contributed by atoms with Gasteiger partial charge in [0.1, 0.15) is 12.2 Å². The number of aromatic nitrogens is 4. The van der Waals surface area contributed by atoms with Gasteiger partial charge in [0, 0.05) is 43.0 Å². The van der Waals surface area contributed by atoms with Crippen LogP contribution in [0.2, 0.25) is 0 Å². The van der Waals surface area contributed by atoms with Gasteiger partial charge in [-0.25, -0.2) is 14.6 Å². The predicted octanol–water partition coefficient (Wildman–Crippen LogP) is 1.77. The lowest BCUT2D eigenvalue weighted by molar-refractivity contribution is 0.393. The third-order valence-electron chi connectivity index (χ3n) is 3.76. The van der Waals surface area contributed by atoms with E-state index < -0.39 is 0 Å². The summed E-state index contributed by atoms with van der Waals surface area (Å²) in [5, 5.41) is 12.2. The molecule has 7 nitrogen and oxygen atoms in total. The molecule has 2 aromatic rings. The van der Waals surface area contributed by atoms with Gasteiger partial charge in [-0.2, -0.15) is 5.10 Å². The zero-order valence-electron chi connectivity index (χ0n) is 14.0. The zero-order chi connectivity index (χ0) is 16.1. The highest BCUT2D eigenvalue weighted by Crippen LogP contribution is 2.12. The molecule has 1 atom stereocenters. The summed E-state index contributed by atoms with van der Waals surface area (Å²) in [6.07, 6.45) is 6.44. The summed E-state index contributed by atoms with van der Waals surface area (Å²) >= 11 is 1.74. The van der Waals surface area contributed by atoms with Gasteiger partial charge < -0.3 is 10.6 Å². The minimum atomic E-state index is 0. The fourth-order valence-electron chi connectivity index (χ4n) is 2.65. The first kappa shape index (κ1) is 19.1. The Balaban J connectivity index is 0.00000208. The van der Waals surface area contributed by atoms with Crippen LogP contribution in [0.3, 0.4) is 0 Å². The standard InChI is InChI=1S/C15H23N7S.HI/c1-3-16-15(17-7-6-14-18-8-11(2)23-14)21-12-4-5-13-19-10-20-22(13)9-12;/h8,10,12H,3-7,9H2,1-2H3,(H2,16,17,21);1H. The lowest BCUT2D eigenvalue weighted by atomic mass is 10.1. The number of aliphatic imine (C=N–C) groups is 1. The van der Waals surface area contributed by atoms with E-state index in [2.05, 4.69) is 44.5 Å². The van der Waals surface area contributed by atoms with E-state index in [0.717, 1.165) is 55.7 Å². The molecule has 2 aromatic heterocycles. The molecule has 9 heteroatoms. The Morgan fingerprint density at radius 1 is 1.46 bits per heavy atom. The van der Waals surface area contributed by atoms with Crippen LogP contribution in [0.5, 0.6) is 0 Å². The average Bonchev–Trinajstić information content (AvgIpc) is 3.16. The van der Waals surface area contributed by atoms with E-state index in [-0.39, 0.29) is 24.0 Å². The highest BCUT2D eigenvalue weighted by molar-refractivity contribution is 14.0. The number of rotatable bonds is 5. The van der Waals surface area contributed by atoms with Crippen molar-refractivity contribution in [2.24, 2.45) is 4.99 Å². The van der Waals surface area contributed by atoms with Crippen molar-refractivity contribution in [1.82, 2.24) is 30.4 Å². The van der Waals surface area contributed by atoms with E-state index >= 15 is 0 Å². The SMILES string of the molecule is CCNC(=NCCc1ncc(C)s1)NC1CCc2ncnn2C1.I. The number of hydrogen-bond donors (Lipinski definition) is 2. The van der Waals surface area contributed by atoms with Crippen LogP contribution in [0.4, 0.5) is 0 Å². The molecule has 0 fully saturated rings. The summed E-state index contributed by atoms with van der Waals surface area (Å²) in [7, 11) is 0. The highest BCUT2D eigenvalue weighted by Gasteiger charge is 2.20. The molecule has 2 N–H and O–H groups in total. The number of guanidine groups is 1. The summed E-state index contributed by atoms with van der Waals surface area (Å²) < 4.78 is 1.98. The lowest BCUT2D eigenvalue weighted by Crippen LogP contribution is -2.47. The van der Waals surface area contributed by atoms with Crippen molar-refractivity contribution in [3.8, 4) is 0 Å². The molecule has 0 amide bonds. The fourth-order valence-corrected chi connectivity index (χ4v) is 3.42. The highest BCUT2D eigenvalue weighted by atomic mass is 127. The van der Waals surface area contributed by atoms with Crippen molar-refractivity contribution in [2.75, 3.05) is 13.1 Å². The van der Waals surface area contributed by atoms with Gasteiger partial charge >= 0.3 is 0 Å². The molecule has 0 saturated heterocycles. The van der Waals surface area contributed by atoms with Gasteiger partial charge in [-0.3, -0.25) is 4.99 Å². The van der Waals surface area contributed by atoms with Crippen LogP contribution in [0.15, 0.2) is 17.5 Å². The normalized spacial score (nSPS) is 17.1. The Kier molecular flexibility index (Phi) is 7.40. The number of hydrogen-bond acceptors (Lipinski definition) is 5. The molecule has 0 radical (unpaired) electrons. The molecule has 24 heavy (non-hydrogen) atoms. The van der Waals surface area contributed by atoms with Crippen LogP contribution in [-0.4, -0.2) is 44.8 Å². The van der Waals surface area contributed by atoms with Crippen LogP contribution in [-0.2, 0) is 19.4 Å². The minimum absolute atomic E-state index is 0. The van der Waals surface area contributed by atoms with Gasteiger partial charge in [0.15, 0.2) is 5.96 Å². The number of nitrogens with one attached hydrogen (secondary N) is 2. The van der Waals surface area contributed by atoms with Crippen LogP contribution in [0, 0.1) is 6.92 Å². The van der Waals surface area contributed by atoms with Crippen molar-refractivity contribution in [3.05, 3.63) is 28.2 Å². The third-order valence-corrected chi connectivity index (χ3v) is 4.73. The number of thiazole rings is 1. The van der Waals surface area contributed by atoms with Crippen molar-refractivity contribution in [2.45, 2.75) is 45.7 Å². The maximum Gasteiger partial charge on any atom is 0.191 e. The van der Waals surface area contributed by atoms with Gasteiger partial charge in [-0.1, -0.05) is 0 Å². The largest absolute Gasteiger partial charge is 0.357 e. The van der Waals surface area contributed by atoms with E-state index in [1.54, 1.807) is 17.7 Å². The van der Waals surface area contributed by atoms with Gasteiger partial charge in [0.05, 0.1) is 11.6 Å². The van der Waals surface area contributed by atoms with Crippen molar-refractivity contribution < 1.29 is 0 Å². The molecule has 1 aliphatic heterocycles. The second-order valence-electron chi connectivity index (χ2n) is 5.61. The monoisotopic (exact) mass is 461 g/mol. The molecule has 0 aliphatic carbocycles. The van der Waals surface area contributed by atoms with Crippen molar-refractivity contribution in [3.63, 3.8) is 0 Å². The Hall–Kier alpha value is -1.23. The molecular formula is C15H24IN7S. The van der Waals surface area contributed by atoms with Gasteiger partial charge in [-0.05, 0) is 20.3 Å². The van der Waals surface area contributed by atoms with E-state index in [0.29, 0.717) is 6.04 Å². The van der Waals surface area contributed by atoms with Crippen LogP contribution in [0.1, 0.15) is 29.1 Å². The molecule has 0 spiro atoms. The predicted molar refractivity (Wildman–Crippen MR) is 107 cm³/mol. The zero-order valence-corrected chi connectivity index (χ0v) is 17.2. The topological polar surface area (TPSA) is 80.0 Å². The van der Waals surface area contributed by atoms with Crippen LogP contribution in [0.25, 0.3) is 0 Å². The molecule has 0 bridgehead atoms. The van der Waals surface area contributed by atoms with E-state index in [1.807, 2.05) is 10.9 Å².